The summed E-state index contributed by atoms with van der Waals surface area (Å²) in [6.45, 7) is 8.60. The van der Waals surface area contributed by atoms with Crippen LogP contribution in [0.4, 0.5) is 0 Å². The topological polar surface area (TPSA) is 75.0 Å². The van der Waals surface area contributed by atoms with Crippen molar-refractivity contribution >= 4 is 11.8 Å². The lowest BCUT2D eigenvalue weighted by molar-refractivity contribution is -0.121. The molecule has 1 aliphatic rings. The van der Waals surface area contributed by atoms with E-state index >= 15 is 0 Å². The summed E-state index contributed by atoms with van der Waals surface area (Å²) in [6, 6.07) is 3.41. The minimum Gasteiger partial charge on any atom is -0.456 e. The Kier molecular flexibility index (Phi) is 6.81. The Balaban J connectivity index is 1.99. The maximum Gasteiger partial charge on any atom is 0.290 e. The predicted molar refractivity (Wildman–Crippen MR) is 89.8 cm³/mol. The molecule has 2 heterocycles. The number of amides is 2. The van der Waals surface area contributed by atoms with Crippen LogP contribution >= 0.6 is 0 Å². The predicted octanol–water partition coefficient (Wildman–Crippen LogP) is 0.745. The van der Waals surface area contributed by atoms with Crippen LogP contribution in [0.15, 0.2) is 16.5 Å². The molecule has 1 aromatic rings. The molecule has 7 heteroatoms. The van der Waals surface area contributed by atoms with Crippen LogP contribution in [-0.2, 0) is 9.53 Å². The van der Waals surface area contributed by atoms with E-state index in [0.29, 0.717) is 12.3 Å². The van der Waals surface area contributed by atoms with Crippen molar-refractivity contribution in [2.75, 3.05) is 53.0 Å². The summed E-state index contributed by atoms with van der Waals surface area (Å²) in [5, 5.41) is 2.57. The molecule has 0 spiro atoms. The number of carbonyl (C=O) groups is 2. The normalized spacial score (nSPS) is 16.6. The number of likely N-dealkylation sites (N-methyl/N-ethyl adjacent to an activating group) is 1. The number of rotatable bonds is 7. The van der Waals surface area contributed by atoms with Gasteiger partial charge >= 0.3 is 0 Å². The molecule has 1 atom stereocenters. The van der Waals surface area contributed by atoms with Gasteiger partial charge in [0.15, 0.2) is 5.76 Å². The van der Waals surface area contributed by atoms with E-state index in [-0.39, 0.29) is 30.0 Å². The van der Waals surface area contributed by atoms with E-state index in [1.54, 1.807) is 31.0 Å². The molecule has 24 heavy (non-hydrogen) atoms. The van der Waals surface area contributed by atoms with Crippen LogP contribution in [-0.4, -0.2) is 74.6 Å². The van der Waals surface area contributed by atoms with Crippen molar-refractivity contribution in [2.24, 2.45) is 5.92 Å². The van der Waals surface area contributed by atoms with E-state index in [0.717, 1.165) is 32.8 Å². The molecule has 1 saturated heterocycles. The smallest absolute Gasteiger partial charge is 0.290 e. The molecule has 7 nitrogen and oxygen atoms in total. The van der Waals surface area contributed by atoms with Crippen molar-refractivity contribution in [3.05, 3.63) is 23.7 Å². The molecule has 2 amide bonds. The molecular formula is C17H27N3O4. The zero-order valence-corrected chi connectivity index (χ0v) is 14.7. The third-order valence-electron chi connectivity index (χ3n) is 4.06. The van der Waals surface area contributed by atoms with Crippen molar-refractivity contribution in [3.63, 3.8) is 0 Å². The molecule has 0 bridgehead atoms. The molecule has 1 fully saturated rings. The molecule has 1 unspecified atom stereocenters. The fourth-order valence-electron chi connectivity index (χ4n) is 2.84. The summed E-state index contributed by atoms with van der Waals surface area (Å²) in [7, 11) is 1.57. The van der Waals surface area contributed by atoms with Crippen LogP contribution in [0.3, 0.4) is 0 Å². The van der Waals surface area contributed by atoms with Crippen molar-refractivity contribution in [1.82, 2.24) is 15.1 Å². The van der Waals surface area contributed by atoms with Gasteiger partial charge < -0.3 is 19.4 Å². The third kappa shape index (κ3) is 5.35. The van der Waals surface area contributed by atoms with Crippen molar-refractivity contribution < 1.29 is 18.7 Å². The summed E-state index contributed by atoms with van der Waals surface area (Å²) in [4.78, 5) is 28.3. The van der Waals surface area contributed by atoms with Gasteiger partial charge in [-0.1, -0.05) is 6.92 Å². The molecule has 2 rings (SSSR count). The zero-order valence-electron chi connectivity index (χ0n) is 14.7. The second-order valence-electron chi connectivity index (χ2n) is 6.29. The van der Waals surface area contributed by atoms with Crippen LogP contribution in [0.1, 0.15) is 23.2 Å². The van der Waals surface area contributed by atoms with E-state index in [9.17, 15) is 9.59 Å². The average Bonchev–Trinajstić information content (AvgIpc) is 3.00. The second-order valence-corrected chi connectivity index (χ2v) is 6.29. The Morgan fingerprint density at radius 2 is 2.04 bits per heavy atom. The monoisotopic (exact) mass is 337 g/mol. The Bertz CT molecular complexity index is 552. The Hall–Kier alpha value is -1.86. The van der Waals surface area contributed by atoms with Crippen LogP contribution < -0.4 is 5.32 Å². The van der Waals surface area contributed by atoms with Crippen LogP contribution in [0.25, 0.3) is 0 Å². The molecular weight excluding hydrogens is 310 g/mol. The van der Waals surface area contributed by atoms with Gasteiger partial charge in [0.1, 0.15) is 5.76 Å². The largest absolute Gasteiger partial charge is 0.456 e. The third-order valence-corrected chi connectivity index (χ3v) is 4.06. The number of carbonyl (C=O) groups excluding carboxylic acids is 2. The van der Waals surface area contributed by atoms with E-state index < -0.39 is 0 Å². The van der Waals surface area contributed by atoms with E-state index in [4.69, 9.17) is 9.15 Å². The van der Waals surface area contributed by atoms with E-state index in [2.05, 4.69) is 17.1 Å². The van der Waals surface area contributed by atoms with Crippen LogP contribution in [0.5, 0.6) is 0 Å². The molecule has 1 N–H and O–H groups in total. The maximum absolute atomic E-state index is 12.7. The highest BCUT2D eigenvalue weighted by Crippen LogP contribution is 2.12. The summed E-state index contributed by atoms with van der Waals surface area (Å²) in [5.74, 6) is 0.757. The zero-order chi connectivity index (χ0) is 17.5. The Labute approximate surface area is 142 Å². The number of hydrogen-bond acceptors (Lipinski definition) is 5. The summed E-state index contributed by atoms with van der Waals surface area (Å²) < 4.78 is 10.8. The van der Waals surface area contributed by atoms with E-state index in [1.165, 1.54) is 0 Å². The SMILES string of the molecule is CNC(=O)CN(CC(C)CN1CCOCC1)C(=O)c1ccc(C)o1. The Morgan fingerprint density at radius 3 is 2.62 bits per heavy atom. The summed E-state index contributed by atoms with van der Waals surface area (Å²) >= 11 is 0. The maximum atomic E-state index is 12.7. The molecule has 1 aliphatic heterocycles. The van der Waals surface area contributed by atoms with Gasteiger partial charge in [0.2, 0.25) is 5.91 Å². The van der Waals surface area contributed by atoms with Gasteiger partial charge in [-0.05, 0) is 25.0 Å². The van der Waals surface area contributed by atoms with Gasteiger partial charge in [-0.2, -0.15) is 0 Å². The first kappa shape index (κ1) is 18.5. The molecule has 0 aromatic carbocycles. The number of nitrogens with one attached hydrogen (secondary N) is 1. The fourth-order valence-corrected chi connectivity index (χ4v) is 2.84. The number of ether oxygens (including phenoxy) is 1. The van der Waals surface area contributed by atoms with Crippen LogP contribution in [0.2, 0.25) is 0 Å². The van der Waals surface area contributed by atoms with Gasteiger partial charge in [0.05, 0.1) is 19.8 Å². The highest BCUT2D eigenvalue weighted by molar-refractivity contribution is 5.94. The van der Waals surface area contributed by atoms with Crippen molar-refractivity contribution in [1.29, 1.82) is 0 Å². The van der Waals surface area contributed by atoms with Crippen molar-refractivity contribution in [2.45, 2.75) is 13.8 Å². The summed E-state index contributed by atoms with van der Waals surface area (Å²) in [6.07, 6.45) is 0. The number of nitrogens with zero attached hydrogens (tertiary/aromatic N) is 2. The highest BCUT2D eigenvalue weighted by Gasteiger charge is 2.24. The van der Waals surface area contributed by atoms with Gasteiger partial charge in [0.25, 0.3) is 5.91 Å². The van der Waals surface area contributed by atoms with Crippen LogP contribution in [0, 0.1) is 12.8 Å². The first-order valence-corrected chi connectivity index (χ1v) is 8.36. The molecule has 134 valence electrons. The standard InChI is InChI=1S/C17H27N3O4/c1-13(10-19-6-8-23-9-7-19)11-20(12-16(21)18-3)17(22)15-5-4-14(2)24-15/h4-5,13H,6-12H2,1-3H3,(H,18,21). The Morgan fingerprint density at radius 1 is 1.33 bits per heavy atom. The number of furan rings is 1. The van der Waals surface area contributed by atoms with Gasteiger partial charge in [-0.25, -0.2) is 0 Å². The molecule has 0 saturated carbocycles. The number of morpholine rings is 1. The number of hydrogen-bond donors (Lipinski definition) is 1. The second kappa shape index (κ2) is 8.84. The first-order valence-electron chi connectivity index (χ1n) is 8.36. The minimum absolute atomic E-state index is 0.0303. The first-order chi connectivity index (χ1) is 11.5. The molecule has 0 aliphatic carbocycles. The van der Waals surface area contributed by atoms with Crippen molar-refractivity contribution in [3.8, 4) is 0 Å². The highest BCUT2D eigenvalue weighted by atomic mass is 16.5. The minimum atomic E-state index is -0.250. The fraction of sp³-hybridized carbons (Fsp3) is 0.647. The molecule has 0 radical (unpaired) electrons. The lowest BCUT2D eigenvalue weighted by Gasteiger charge is -2.31. The van der Waals surface area contributed by atoms with Gasteiger partial charge in [0, 0.05) is 33.2 Å². The van der Waals surface area contributed by atoms with Gasteiger partial charge in [-0.3, -0.25) is 14.5 Å². The average molecular weight is 337 g/mol. The lowest BCUT2D eigenvalue weighted by atomic mass is 10.1. The summed E-state index contributed by atoms with van der Waals surface area (Å²) in [5.41, 5.74) is 0. The quantitative estimate of drug-likeness (QED) is 0.794. The van der Waals surface area contributed by atoms with E-state index in [1.807, 2.05) is 0 Å². The number of aryl methyl sites for hydroxylation is 1. The van der Waals surface area contributed by atoms with Gasteiger partial charge in [-0.15, -0.1) is 0 Å². The molecule has 1 aromatic heterocycles. The lowest BCUT2D eigenvalue weighted by Crippen LogP contribution is -2.45.